The van der Waals surface area contributed by atoms with E-state index in [0.29, 0.717) is 25.0 Å². The van der Waals surface area contributed by atoms with Crippen LogP contribution in [0.4, 0.5) is 11.5 Å². The molecule has 3 aliphatic rings. The van der Waals surface area contributed by atoms with Crippen molar-refractivity contribution in [1.29, 1.82) is 0 Å². The second-order valence-corrected chi connectivity index (χ2v) is 9.92. The van der Waals surface area contributed by atoms with Crippen molar-refractivity contribution in [3.63, 3.8) is 0 Å². The number of piperidine rings is 1. The monoisotopic (exact) mass is 445 g/mol. The highest BCUT2D eigenvalue weighted by Gasteiger charge is 2.37. The lowest BCUT2D eigenvalue weighted by Crippen LogP contribution is -2.53. The molecular formula is C24H39N5O3. The highest BCUT2D eigenvalue weighted by molar-refractivity contribution is 5.97. The standard InChI is InChI=1S/C24H39N5O3/c1-2-3-15-28-22(25)21(23(31)26-24(28)32)29(18-11-5-6-12-18)20(30)16-27-14-8-10-17-9-4-7-13-19(17)27/h17-19H,2-16,25H2,1H3,(H,26,31,32). The molecule has 2 aliphatic carbocycles. The van der Waals surface area contributed by atoms with Crippen molar-refractivity contribution in [1.82, 2.24) is 14.5 Å². The predicted octanol–water partition coefficient (Wildman–Crippen LogP) is 2.85. The number of aromatic amines is 1. The second-order valence-electron chi connectivity index (χ2n) is 9.92. The number of unbranched alkanes of at least 4 members (excludes halogenated alkanes) is 1. The topological polar surface area (TPSA) is 104 Å². The molecule has 1 saturated heterocycles. The third kappa shape index (κ3) is 4.65. The fourth-order valence-corrected chi connectivity index (χ4v) is 6.20. The average Bonchev–Trinajstić information content (AvgIpc) is 3.31. The van der Waals surface area contributed by atoms with E-state index in [2.05, 4.69) is 9.88 Å². The van der Waals surface area contributed by atoms with Crippen molar-refractivity contribution >= 4 is 17.4 Å². The highest BCUT2D eigenvalue weighted by atomic mass is 16.2. The summed E-state index contributed by atoms with van der Waals surface area (Å²) in [4.78, 5) is 45.6. The van der Waals surface area contributed by atoms with Crippen LogP contribution in [0.3, 0.4) is 0 Å². The number of hydrogen-bond acceptors (Lipinski definition) is 5. The summed E-state index contributed by atoms with van der Waals surface area (Å²) in [5.41, 5.74) is 5.54. The average molecular weight is 446 g/mol. The van der Waals surface area contributed by atoms with Gasteiger partial charge in [-0.25, -0.2) is 4.79 Å². The molecule has 0 spiro atoms. The Hall–Kier alpha value is -2.09. The third-order valence-corrected chi connectivity index (χ3v) is 7.85. The van der Waals surface area contributed by atoms with E-state index >= 15 is 0 Å². The van der Waals surface area contributed by atoms with E-state index in [4.69, 9.17) is 5.73 Å². The smallest absolute Gasteiger partial charge is 0.330 e. The molecule has 3 N–H and O–H groups in total. The van der Waals surface area contributed by atoms with Gasteiger partial charge in [0.2, 0.25) is 5.91 Å². The molecule has 1 aliphatic heterocycles. The number of nitrogens with two attached hydrogens (primary N) is 1. The summed E-state index contributed by atoms with van der Waals surface area (Å²) in [6, 6.07) is 0.441. The molecule has 4 rings (SSSR count). The van der Waals surface area contributed by atoms with Gasteiger partial charge in [0, 0.05) is 18.6 Å². The van der Waals surface area contributed by atoms with Gasteiger partial charge in [0.15, 0.2) is 5.69 Å². The summed E-state index contributed by atoms with van der Waals surface area (Å²) in [5, 5.41) is 0. The largest absolute Gasteiger partial charge is 0.383 e. The molecule has 1 aromatic heterocycles. The number of nitrogens with zero attached hydrogens (tertiary/aromatic N) is 3. The summed E-state index contributed by atoms with van der Waals surface area (Å²) >= 11 is 0. The van der Waals surface area contributed by atoms with E-state index in [-0.39, 0.29) is 23.5 Å². The molecule has 3 fully saturated rings. The van der Waals surface area contributed by atoms with Gasteiger partial charge in [-0.15, -0.1) is 0 Å². The van der Waals surface area contributed by atoms with Crippen molar-refractivity contribution < 1.29 is 4.79 Å². The number of H-pyrrole nitrogens is 1. The van der Waals surface area contributed by atoms with Crippen LogP contribution < -0.4 is 21.9 Å². The van der Waals surface area contributed by atoms with Crippen LogP contribution in [-0.4, -0.2) is 45.5 Å². The van der Waals surface area contributed by atoms with Crippen LogP contribution in [0.1, 0.15) is 84.0 Å². The van der Waals surface area contributed by atoms with Crippen LogP contribution >= 0.6 is 0 Å². The van der Waals surface area contributed by atoms with E-state index in [1.54, 1.807) is 4.90 Å². The molecule has 2 heterocycles. The van der Waals surface area contributed by atoms with E-state index in [9.17, 15) is 14.4 Å². The molecule has 32 heavy (non-hydrogen) atoms. The predicted molar refractivity (Wildman–Crippen MR) is 127 cm³/mol. The van der Waals surface area contributed by atoms with Gasteiger partial charge in [0.1, 0.15) is 5.82 Å². The van der Waals surface area contributed by atoms with Crippen LogP contribution in [0.2, 0.25) is 0 Å². The number of hydrogen-bond donors (Lipinski definition) is 2. The Morgan fingerprint density at radius 3 is 2.50 bits per heavy atom. The molecule has 2 atom stereocenters. The van der Waals surface area contributed by atoms with Crippen molar-refractivity contribution in [2.75, 3.05) is 23.7 Å². The van der Waals surface area contributed by atoms with Crippen LogP contribution in [0.5, 0.6) is 0 Å². The maximum Gasteiger partial charge on any atom is 0.330 e. The van der Waals surface area contributed by atoms with Crippen LogP contribution in [0.15, 0.2) is 9.59 Å². The zero-order valence-corrected chi connectivity index (χ0v) is 19.5. The summed E-state index contributed by atoms with van der Waals surface area (Å²) in [7, 11) is 0. The fourth-order valence-electron chi connectivity index (χ4n) is 6.20. The molecule has 1 amide bonds. The summed E-state index contributed by atoms with van der Waals surface area (Å²) in [5.74, 6) is 0.761. The zero-order valence-electron chi connectivity index (χ0n) is 19.5. The van der Waals surface area contributed by atoms with Gasteiger partial charge < -0.3 is 10.6 Å². The van der Waals surface area contributed by atoms with Gasteiger partial charge in [0.05, 0.1) is 6.54 Å². The highest BCUT2D eigenvalue weighted by Crippen LogP contribution is 2.36. The number of likely N-dealkylation sites (tertiary alicyclic amines) is 1. The molecule has 0 bridgehead atoms. The van der Waals surface area contributed by atoms with Crippen molar-refractivity contribution in [3.8, 4) is 0 Å². The summed E-state index contributed by atoms with van der Waals surface area (Å²) in [6.07, 6.45) is 12.8. The van der Waals surface area contributed by atoms with E-state index in [1.165, 1.54) is 30.3 Å². The summed E-state index contributed by atoms with van der Waals surface area (Å²) < 4.78 is 1.42. The first-order valence-electron chi connectivity index (χ1n) is 12.7. The van der Waals surface area contributed by atoms with E-state index in [0.717, 1.165) is 57.9 Å². The quantitative estimate of drug-likeness (QED) is 0.672. The Bertz CT molecular complexity index is 915. The molecule has 178 valence electrons. The van der Waals surface area contributed by atoms with Gasteiger partial charge in [-0.05, 0) is 57.4 Å². The number of nitrogens with one attached hydrogen (secondary N) is 1. The molecule has 2 unspecified atom stereocenters. The normalized spacial score (nSPS) is 24.4. The molecule has 8 heteroatoms. The van der Waals surface area contributed by atoms with Crippen molar-refractivity contribution in [2.45, 2.75) is 103 Å². The SMILES string of the molecule is CCCCn1c(N)c(N(C(=O)CN2CCCC3CCCCC32)C2CCCC2)c(=O)[nH]c1=O. The lowest BCUT2D eigenvalue weighted by Gasteiger charge is -2.44. The number of carbonyl (C=O) groups excluding carboxylic acids is 1. The summed E-state index contributed by atoms with van der Waals surface area (Å²) in [6.45, 7) is 3.74. The molecule has 0 radical (unpaired) electrons. The number of amides is 1. The van der Waals surface area contributed by atoms with Gasteiger partial charge in [-0.3, -0.25) is 24.0 Å². The Balaban J connectivity index is 1.65. The lowest BCUT2D eigenvalue weighted by molar-refractivity contribution is -0.121. The third-order valence-electron chi connectivity index (χ3n) is 7.85. The zero-order chi connectivity index (χ0) is 22.7. The first kappa shape index (κ1) is 23.1. The van der Waals surface area contributed by atoms with Crippen LogP contribution in [0.25, 0.3) is 0 Å². The number of carbonyl (C=O) groups is 1. The van der Waals surface area contributed by atoms with E-state index in [1.807, 2.05) is 6.92 Å². The molecule has 8 nitrogen and oxygen atoms in total. The minimum atomic E-state index is -0.547. The molecule has 0 aromatic carbocycles. The van der Waals surface area contributed by atoms with Gasteiger partial charge in [-0.2, -0.15) is 0 Å². The van der Waals surface area contributed by atoms with Crippen LogP contribution in [0, 0.1) is 5.92 Å². The Morgan fingerprint density at radius 2 is 1.75 bits per heavy atom. The maximum absolute atomic E-state index is 13.8. The number of rotatable bonds is 7. The Labute approximate surface area is 190 Å². The van der Waals surface area contributed by atoms with Gasteiger partial charge in [0.25, 0.3) is 5.56 Å². The number of aromatic nitrogens is 2. The Kier molecular flexibility index (Phi) is 7.38. The van der Waals surface area contributed by atoms with Gasteiger partial charge >= 0.3 is 5.69 Å². The van der Waals surface area contributed by atoms with Crippen LogP contribution in [-0.2, 0) is 11.3 Å². The number of fused-ring (bicyclic) bond motifs is 1. The number of anilines is 2. The number of nitrogen functional groups attached to an aromatic ring is 1. The second kappa shape index (κ2) is 10.2. The van der Waals surface area contributed by atoms with Crippen molar-refractivity contribution in [3.05, 3.63) is 20.8 Å². The Morgan fingerprint density at radius 1 is 1.06 bits per heavy atom. The maximum atomic E-state index is 13.8. The molecule has 2 saturated carbocycles. The van der Waals surface area contributed by atoms with Crippen molar-refractivity contribution in [2.24, 2.45) is 5.92 Å². The first-order valence-corrected chi connectivity index (χ1v) is 12.7. The minimum Gasteiger partial charge on any atom is -0.383 e. The van der Waals surface area contributed by atoms with E-state index < -0.39 is 11.2 Å². The lowest BCUT2D eigenvalue weighted by atomic mass is 9.78. The molecular weight excluding hydrogens is 406 g/mol. The minimum absolute atomic E-state index is 0.0324. The van der Waals surface area contributed by atoms with Gasteiger partial charge in [-0.1, -0.05) is 39.0 Å². The first-order chi connectivity index (χ1) is 15.5. The molecule has 1 aromatic rings. The fraction of sp³-hybridized carbons (Fsp3) is 0.792.